The van der Waals surface area contributed by atoms with Crippen LogP contribution in [-0.4, -0.2) is 34.4 Å². The standard InChI is InChI=1S/C15H13N5O4S/c21-20(22)12-8-10(7-11-3-1-2-4-16-11)14-13(9-12)19-6-5-17-25(23,24)15(19)18-14/h1-4,8-9,17H,5-7H2. The Kier molecular flexibility index (Phi) is 3.51. The molecule has 4 rings (SSSR count). The van der Waals surface area contributed by atoms with E-state index in [-0.39, 0.29) is 17.4 Å². The second-order valence-electron chi connectivity index (χ2n) is 5.67. The number of nitro benzene ring substituents is 1. The first-order chi connectivity index (χ1) is 12.0. The molecule has 1 aromatic carbocycles. The Hall–Kier alpha value is -2.85. The van der Waals surface area contributed by atoms with Gasteiger partial charge in [-0.15, -0.1) is 0 Å². The van der Waals surface area contributed by atoms with Crippen molar-refractivity contribution in [2.45, 2.75) is 18.1 Å². The highest BCUT2D eigenvalue weighted by molar-refractivity contribution is 7.89. The summed E-state index contributed by atoms with van der Waals surface area (Å²) >= 11 is 0. The summed E-state index contributed by atoms with van der Waals surface area (Å²) in [6.45, 7) is 0.592. The van der Waals surface area contributed by atoms with Crippen molar-refractivity contribution in [3.05, 3.63) is 57.9 Å². The van der Waals surface area contributed by atoms with E-state index in [0.29, 0.717) is 29.6 Å². The zero-order valence-corrected chi connectivity index (χ0v) is 13.7. The van der Waals surface area contributed by atoms with Gasteiger partial charge in [-0.3, -0.25) is 15.1 Å². The quantitative estimate of drug-likeness (QED) is 0.554. The number of benzene rings is 1. The third-order valence-electron chi connectivity index (χ3n) is 4.06. The molecule has 3 heterocycles. The molecular weight excluding hydrogens is 346 g/mol. The molecule has 0 amide bonds. The van der Waals surface area contributed by atoms with E-state index in [9.17, 15) is 18.5 Å². The number of imidazole rings is 1. The van der Waals surface area contributed by atoms with Gasteiger partial charge in [-0.1, -0.05) is 6.07 Å². The van der Waals surface area contributed by atoms with E-state index in [0.717, 1.165) is 5.69 Å². The van der Waals surface area contributed by atoms with Crippen LogP contribution in [-0.2, 0) is 23.0 Å². The third kappa shape index (κ3) is 2.65. The zero-order chi connectivity index (χ0) is 17.6. The second-order valence-corrected chi connectivity index (χ2v) is 7.33. The highest BCUT2D eigenvalue weighted by Gasteiger charge is 2.29. The molecule has 0 aliphatic carbocycles. The van der Waals surface area contributed by atoms with Gasteiger partial charge in [0, 0.05) is 43.5 Å². The van der Waals surface area contributed by atoms with E-state index in [2.05, 4.69) is 14.7 Å². The van der Waals surface area contributed by atoms with Crippen molar-refractivity contribution in [3.8, 4) is 0 Å². The minimum absolute atomic E-state index is 0.0999. The van der Waals surface area contributed by atoms with Gasteiger partial charge in [0.25, 0.3) is 15.7 Å². The molecule has 0 atom stereocenters. The molecule has 0 unspecified atom stereocenters. The maximum atomic E-state index is 12.2. The largest absolute Gasteiger partial charge is 0.312 e. The van der Waals surface area contributed by atoms with Gasteiger partial charge in [0.1, 0.15) is 0 Å². The molecule has 128 valence electrons. The molecule has 1 aliphatic heterocycles. The number of nitrogens with zero attached hydrogens (tertiary/aromatic N) is 4. The minimum atomic E-state index is -3.71. The number of rotatable bonds is 3. The molecule has 0 radical (unpaired) electrons. The summed E-state index contributed by atoms with van der Waals surface area (Å²) in [5, 5.41) is 11.2. The van der Waals surface area contributed by atoms with Crippen LogP contribution >= 0.6 is 0 Å². The number of pyridine rings is 1. The molecule has 0 saturated carbocycles. The molecule has 2 aromatic heterocycles. The smallest absolute Gasteiger partial charge is 0.274 e. The summed E-state index contributed by atoms with van der Waals surface area (Å²) in [6.07, 6.45) is 1.96. The Bertz CT molecular complexity index is 1090. The summed E-state index contributed by atoms with van der Waals surface area (Å²) < 4.78 is 28.3. The lowest BCUT2D eigenvalue weighted by Crippen LogP contribution is -2.35. The number of sulfonamides is 1. The van der Waals surface area contributed by atoms with Crippen LogP contribution in [0.15, 0.2) is 41.7 Å². The van der Waals surface area contributed by atoms with Crippen LogP contribution in [0.2, 0.25) is 0 Å². The molecule has 0 spiro atoms. The lowest BCUT2D eigenvalue weighted by molar-refractivity contribution is -0.384. The van der Waals surface area contributed by atoms with E-state index in [1.807, 2.05) is 6.07 Å². The number of nitrogens with one attached hydrogen (secondary N) is 1. The Labute approximate surface area is 142 Å². The summed E-state index contributed by atoms with van der Waals surface area (Å²) in [6, 6.07) is 8.20. The normalized spacial score (nSPS) is 15.8. The van der Waals surface area contributed by atoms with Gasteiger partial charge >= 0.3 is 0 Å². The topological polar surface area (TPSA) is 120 Å². The van der Waals surface area contributed by atoms with Crippen molar-refractivity contribution < 1.29 is 13.3 Å². The number of fused-ring (bicyclic) bond motifs is 3. The van der Waals surface area contributed by atoms with Crippen LogP contribution in [0.5, 0.6) is 0 Å². The zero-order valence-electron chi connectivity index (χ0n) is 12.9. The molecule has 0 bridgehead atoms. The van der Waals surface area contributed by atoms with Crippen molar-refractivity contribution in [1.29, 1.82) is 0 Å². The van der Waals surface area contributed by atoms with Gasteiger partial charge in [-0.25, -0.2) is 18.1 Å². The van der Waals surface area contributed by atoms with E-state index >= 15 is 0 Å². The predicted octanol–water partition coefficient (Wildman–Crippen LogP) is 1.22. The first kappa shape index (κ1) is 15.7. The van der Waals surface area contributed by atoms with Gasteiger partial charge in [-0.05, 0) is 17.7 Å². The molecule has 1 N–H and O–H groups in total. The lowest BCUT2D eigenvalue weighted by atomic mass is 10.1. The van der Waals surface area contributed by atoms with E-state index < -0.39 is 14.9 Å². The molecule has 1 aliphatic rings. The number of aromatic nitrogens is 3. The number of hydrogen-bond acceptors (Lipinski definition) is 6. The third-order valence-corrected chi connectivity index (χ3v) is 5.44. The van der Waals surface area contributed by atoms with Crippen molar-refractivity contribution in [1.82, 2.24) is 19.3 Å². The van der Waals surface area contributed by atoms with Crippen LogP contribution in [0, 0.1) is 10.1 Å². The highest BCUT2D eigenvalue weighted by Crippen LogP contribution is 2.30. The van der Waals surface area contributed by atoms with Crippen molar-refractivity contribution in [2.75, 3.05) is 6.54 Å². The molecule has 25 heavy (non-hydrogen) atoms. The maximum absolute atomic E-state index is 12.2. The predicted molar refractivity (Wildman–Crippen MR) is 88.6 cm³/mol. The van der Waals surface area contributed by atoms with Crippen LogP contribution in [0.3, 0.4) is 0 Å². The first-order valence-corrected chi connectivity index (χ1v) is 9.01. The van der Waals surface area contributed by atoms with Crippen molar-refractivity contribution >= 4 is 26.7 Å². The first-order valence-electron chi connectivity index (χ1n) is 7.53. The average Bonchev–Trinajstić information content (AvgIpc) is 2.96. The minimum Gasteiger partial charge on any atom is -0.312 e. The average molecular weight is 359 g/mol. The Morgan fingerprint density at radius 1 is 1.32 bits per heavy atom. The summed E-state index contributed by atoms with van der Waals surface area (Å²) in [5.41, 5.74) is 2.08. The van der Waals surface area contributed by atoms with Crippen LogP contribution in [0.1, 0.15) is 11.3 Å². The molecule has 0 fully saturated rings. The van der Waals surface area contributed by atoms with Crippen molar-refractivity contribution in [3.63, 3.8) is 0 Å². The van der Waals surface area contributed by atoms with Gasteiger partial charge in [0.2, 0.25) is 5.16 Å². The fourth-order valence-electron chi connectivity index (χ4n) is 2.97. The van der Waals surface area contributed by atoms with Gasteiger partial charge in [0.15, 0.2) is 0 Å². The van der Waals surface area contributed by atoms with Gasteiger partial charge in [0.05, 0.1) is 16.0 Å². The van der Waals surface area contributed by atoms with E-state index in [1.54, 1.807) is 18.3 Å². The summed E-state index contributed by atoms with van der Waals surface area (Å²) in [4.78, 5) is 19.3. The number of nitro groups is 1. The maximum Gasteiger partial charge on any atom is 0.274 e. The van der Waals surface area contributed by atoms with E-state index in [4.69, 9.17) is 0 Å². The molecular formula is C15H13N5O4S. The molecule has 0 saturated heterocycles. The number of non-ortho nitro benzene ring substituents is 1. The van der Waals surface area contributed by atoms with Crippen LogP contribution in [0.4, 0.5) is 5.69 Å². The van der Waals surface area contributed by atoms with Crippen LogP contribution < -0.4 is 4.72 Å². The Morgan fingerprint density at radius 3 is 2.88 bits per heavy atom. The van der Waals surface area contributed by atoms with Crippen LogP contribution in [0.25, 0.3) is 11.0 Å². The summed E-state index contributed by atoms with van der Waals surface area (Å²) in [7, 11) is -3.71. The van der Waals surface area contributed by atoms with E-state index in [1.165, 1.54) is 16.7 Å². The SMILES string of the molecule is O=[N+]([O-])c1cc(Cc2ccccn2)c2nc3n(c2c1)CCNS3(=O)=O. The highest BCUT2D eigenvalue weighted by atomic mass is 32.2. The fourth-order valence-corrected chi connectivity index (χ4v) is 4.15. The lowest BCUT2D eigenvalue weighted by Gasteiger charge is -2.15. The Morgan fingerprint density at radius 2 is 2.16 bits per heavy atom. The second kappa shape index (κ2) is 5.60. The Balaban J connectivity index is 1.98. The molecule has 9 nitrogen and oxygen atoms in total. The monoisotopic (exact) mass is 359 g/mol. The number of hydrogen-bond donors (Lipinski definition) is 1. The van der Waals surface area contributed by atoms with Gasteiger partial charge in [-0.2, -0.15) is 0 Å². The molecule has 10 heteroatoms. The van der Waals surface area contributed by atoms with Crippen molar-refractivity contribution in [2.24, 2.45) is 0 Å². The fraction of sp³-hybridized carbons (Fsp3) is 0.200. The molecule has 3 aromatic rings. The summed E-state index contributed by atoms with van der Waals surface area (Å²) in [5.74, 6) is 0. The van der Waals surface area contributed by atoms with Gasteiger partial charge < -0.3 is 4.57 Å².